The number of fused-ring (bicyclic) bond motifs is 3. The Labute approximate surface area is 105 Å². The van der Waals surface area contributed by atoms with E-state index in [1.54, 1.807) is 0 Å². The molecule has 88 valence electrons. The van der Waals surface area contributed by atoms with E-state index >= 15 is 0 Å². The fourth-order valence-corrected chi connectivity index (χ4v) is 2.90. The summed E-state index contributed by atoms with van der Waals surface area (Å²) in [5, 5.41) is 10.0. The van der Waals surface area contributed by atoms with E-state index in [0.29, 0.717) is 0 Å². The minimum Gasteiger partial charge on any atom is -0.384 e. The highest BCUT2D eigenvalue weighted by Gasteiger charge is 2.35. The first-order chi connectivity index (χ1) is 8.86. The summed E-state index contributed by atoms with van der Waals surface area (Å²) >= 11 is 0. The number of aliphatic imine (C=N–C) groups is 1. The van der Waals surface area contributed by atoms with Crippen LogP contribution in [0.3, 0.4) is 0 Å². The molecule has 0 aromatic heterocycles. The van der Waals surface area contributed by atoms with Crippen LogP contribution in [0.1, 0.15) is 17.2 Å². The van der Waals surface area contributed by atoms with Crippen molar-refractivity contribution in [1.82, 2.24) is 0 Å². The minimum absolute atomic E-state index is 0.187. The Bertz CT molecular complexity index is 640. The lowest BCUT2D eigenvalue weighted by Crippen LogP contribution is -2.27. The fraction of sp³-hybridized carbons (Fsp3) is 0.133. The summed E-state index contributed by atoms with van der Waals surface area (Å²) in [7, 11) is 0. The van der Waals surface area contributed by atoms with Crippen LogP contribution in [-0.2, 0) is 0 Å². The number of allylic oxidation sites excluding steroid dienone is 1. The Kier molecular flexibility index (Phi) is 1.88. The molecule has 3 aliphatic rings. The molecule has 0 aliphatic carbocycles. The summed E-state index contributed by atoms with van der Waals surface area (Å²) in [6.07, 6.45) is 11.1. The van der Waals surface area contributed by atoms with Crippen molar-refractivity contribution in [3.63, 3.8) is 0 Å². The smallest absolute Gasteiger partial charge is 0.101 e. The Balaban J connectivity index is 2.03. The van der Waals surface area contributed by atoms with E-state index in [4.69, 9.17) is 0 Å². The van der Waals surface area contributed by atoms with Crippen molar-refractivity contribution in [3.05, 3.63) is 60.0 Å². The maximum absolute atomic E-state index is 10.0. The minimum atomic E-state index is -0.503. The van der Waals surface area contributed by atoms with Crippen molar-refractivity contribution in [1.29, 1.82) is 0 Å². The van der Waals surface area contributed by atoms with E-state index in [-0.39, 0.29) is 6.04 Å². The molecule has 0 saturated heterocycles. The van der Waals surface area contributed by atoms with Crippen LogP contribution in [0.25, 0.3) is 5.57 Å². The van der Waals surface area contributed by atoms with Gasteiger partial charge >= 0.3 is 0 Å². The fourth-order valence-electron chi connectivity index (χ4n) is 2.90. The van der Waals surface area contributed by atoms with Crippen LogP contribution in [0.4, 0.5) is 5.69 Å². The number of nitrogens with zero attached hydrogens (tertiary/aromatic N) is 2. The predicted molar refractivity (Wildman–Crippen MR) is 72.4 cm³/mol. The van der Waals surface area contributed by atoms with Gasteiger partial charge in [0.1, 0.15) is 6.10 Å². The van der Waals surface area contributed by atoms with E-state index in [2.05, 4.69) is 28.1 Å². The zero-order chi connectivity index (χ0) is 12.1. The first-order valence-electron chi connectivity index (χ1n) is 6.04. The molecular formula is C15H12N2O. The third-order valence-electron chi connectivity index (χ3n) is 3.70. The average molecular weight is 236 g/mol. The number of rotatable bonds is 0. The Morgan fingerprint density at radius 3 is 3.11 bits per heavy atom. The van der Waals surface area contributed by atoms with Crippen LogP contribution in [0.2, 0.25) is 0 Å². The highest BCUT2D eigenvalue weighted by molar-refractivity contribution is 5.98. The van der Waals surface area contributed by atoms with Gasteiger partial charge in [0.2, 0.25) is 0 Å². The number of hydrogen-bond donors (Lipinski definition) is 1. The van der Waals surface area contributed by atoms with Gasteiger partial charge in [-0.2, -0.15) is 0 Å². The molecule has 4 rings (SSSR count). The number of hydrogen-bond acceptors (Lipinski definition) is 3. The molecular weight excluding hydrogens is 224 g/mol. The highest BCUT2D eigenvalue weighted by Crippen LogP contribution is 2.47. The van der Waals surface area contributed by atoms with Gasteiger partial charge in [0.25, 0.3) is 0 Å². The van der Waals surface area contributed by atoms with E-state index in [0.717, 1.165) is 11.3 Å². The van der Waals surface area contributed by atoms with Crippen molar-refractivity contribution in [3.8, 4) is 0 Å². The first-order valence-corrected chi connectivity index (χ1v) is 6.04. The van der Waals surface area contributed by atoms with E-state index in [9.17, 15) is 5.11 Å². The van der Waals surface area contributed by atoms with Crippen LogP contribution < -0.4 is 4.90 Å². The quantitative estimate of drug-likeness (QED) is 0.751. The maximum Gasteiger partial charge on any atom is 0.101 e. The molecule has 3 nitrogen and oxygen atoms in total. The molecule has 3 heterocycles. The summed E-state index contributed by atoms with van der Waals surface area (Å²) in [4.78, 5) is 6.37. The van der Waals surface area contributed by atoms with Gasteiger partial charge in [0.05, 0.1) is 11.7 Å². The standard InChI is InChI=1S/C15H12N2O/c18-14-6-9-17-13-5-8-16-7-4-10(13)11-2-1-3-12(14)15(11)17/h1-9,13-14,18H. The van der Waals surface area contributed by atoms with Crippen molar-refractivity contribution in [2.45, 2.75) is 12.1 Å². The zero-order valence-corrected chi connectivity index (χ0v) is 9.69. The molecule has 1 aromatic rings. The predicted octanol–water partition coefficient (Wildman–Crippen LogP) is 2.42. The monoisotopic (exact) mass is 236 g/mol. The number of anilines is 1. The summed E-state index contributed by atoms with van der Waals surface area (Å²) in [5.74, 6) is 0. The molecule has 0 spiro atoms. The first kappa shape index (κ1) is 9.85. The number of aliphatic hydroxyl groups excluding tert-OH is 1. The molecule has 1 aromatic carbocycles. The topological polar surface area (TPSA) is 35.8 Å². The van der Waals surface area contributed by atoms with E-state index in [1.807, 2.05) is 36.8 Å². The van der Waals surface area contributed by atoms with Crippen LogP contribution in [0, 0.1) is 0 Å². The summed E-state index contributed by atoms with van der Waals surface area (Å²) in [5.41, 5.74) is 4.54. The Morgan fingerprint density at radius 1 is 1.22 bits per heavy atom. The molecule has 18 heavy (non-hydrogen) atoms. The number of para-hydroxylation sites is 1. The third kappa shape index (κ3) is 1.14. The van der Waals surface area contributed by atoms with Gasteiger partial charge in [-0.3, -0.25) is 4.99 Å². The highest BCUT2D eigenvalue weighted by atomic mass is 16.3. The van der Waals surface area contributed by atoms with Crippen LogP contribution >= 0.6 is 0 Å². The molecule has 2 atom stereocenters. The molecule has 0 radical (unpaired) electrons. The van der Waals surface area contributed by atoms with Gasteiger partial charge in [-0.15, -0.1) is 0 Å². The van der Waals surface area contributed by atoms with Gasteiger partial charge < -0.3 is 10.0 Å². The van der Waals surface area contributed by atoms with Crippen LogP contribution in [0.15, 0.2) is 53.8 Å². The zero-order valence-electron chi connectivity index (χ0n) is 9.69. The lowest BCUT2D eigenvalue weighted by Gasteiger charge is -2.27. The second-order valence-electron chi connectivity index (χ2n) is 4.64. The SMILES string of the molecule is OC1C=CN2c3c(cccc31)C1=CC=NC=CC12. The molecule has 2 unspecified atom stereocenters. The molecule has 3 heteroatoms. The van der Waals surface area contributed by atoms with Crippen molar-refractivity contribution in [2.24, 2.45) is 4.99 Å². The van der Waals surface area contributed by atoms with E-state index < -0.39 is 6.10 Å². The van der Waals surface area contributed by atoms with Crippen molar-refractivity contribution < 1.29 is 5.11 Å². The molecule has 0 amide bonds. The van der Waals surface area contributed by atoms with Gasteiger partial charge in [-0.25, -0.2) is 0 Å². The van der Waals surface area contributed by atoms with E-state index in [1.165, 1.54) is 11.1 Å². The van der Waals surface area contributed by atoms with Crippen molar-refractivity contribution >= 4 is 17.5 Å². The van der Waals surface area contributed by atoms with Crippen LogP contribution in [0.5, 0.6) is 0 Å². The van der Waals surface area contributed by atoms with Crippen molar-refractivity contribution in [2.75, 3.05) is 4.90 Å². The number of benzene rings is 1. The molecule has 1 N–H and O–H groups in total. The second-order valence-corrected chi connectivity index (χ2v) is 4.64. The lowest BCUT2D eigenvalue weighted by molar-refractivity contribution is 0.227. The lowest BCUT2D eigenvalue weighted by atomic mass is 9.98. The third-order valence-corrected chi connectivity index (χ3v) is 3.70. The second kappa shape index (κ2) is 3.43. The summed E-state index contributed by atoms with van der Waals surface area (Å²) < 4.78 is 0. The number of aliphatic hydroxyl groups is 1. The molecule has 0 saturated carbocycles. The van der Waals surface area contributed by atoms with Gasteiger partial charge in [0, 0.05) is 29.7 Å². The average Bonchev–Trinajstić information content (AvgIpc) is 2.57. The molecule has 0 fully saturated rings. The maximum atomic E-state index is 10.0. The van der Waals surface area contributed by atoms with Crippen LogP contribution in [-0.4, -0.2) is 17.4 Å². The summed E-state index contributed by atoms with van der Waals surface area (Å²) in [6.45, 7) is 0. The normalized spacial score (nSPS) is 26.7. The van der Waals surface area contributed by atoms with Gasteiger partial charge in [-0.1, -0.05) is 18.2 Å². The molecule has 3 aliphatic heterocycles. The summed E-state index contributed by atoms with van der Waals surface area (Å²) in [6, 6.07) is 6.29. The van der Waals surface area contributed by atoms with Gasteiger partial charge in [0.15, 0.2) is 0 Å². The largest absolute Gasteiger partial charge is 0.384 e. The Hall–Kier alpha value is -2.13. The van der Waals surface area contributed by atoms with Gasteiger partial charge in [-0.05, 0) is 23.8 Å². The molecule has 0 bridgehead atoms. The Morgan fingerprint density at radius 2 is 2.17 bits per heavy atom.